The first kappa shape index (κ1) is 10.0. The Labute approximate surface area is 79.0 Å². The van der Waals surface area contributed by atoms with E-state index in [4.69, 9.17) is 9.81 Å². The molecule has 0 aliphatic heterocycles. The van der Waals surface area contributed by atoms with E-state index in [-0.39, 0.29) is 5.03 Å². The zero-order valence-corrected chi connectivity index (χ0v) is 8.13. The average Bonchev–Trinajstić information content (AvgIpc) is 2.31. The van der Waals surface area contributed by atoms with Gasteiger partial charge >= 0.3 is 10.1 Å². The quantitative estimate of drug-likeness (QED) is 0.572. The number of hydrogen-bond donors (Lipinski definition) is 1. The lowest BCUT2D eigenvalue weighted by Crippen LogP contribution is -2.05. The molecule has 0 fully saturated rings. The van der Waals surface area contributed by atoms with Gasteiger partial charge in [0, 0.05) is 5.56 Å². The van der Waals surface area contributed by atoms with Crippen LogP contribution in [-0.2, 0) is 10.1 Å². The van der Waals surface area contributed by atoms with Crippen LogP contribution in [0.25, 0.3) is 0 Å². The SMILES string of the molecule is Cc1cnn(SC#N)c1S(=O)(=O)O. The van der Waals surface area contributed by atoms with E-state index in [9.17, 15) is 8.42 Å². The minimum atomic E-state index is -4.31. The van der Waals surface area contributed by atoms with Crippen molar-refractivity contribution >= 4 is 22.1 Å². The lowest BCUT2D eigenvalue weighted by Gasteiger charge is -1.98. The number of nitrogens with zero attached hydrogens (tertiary/aromatic N) is 3. The molecule has 6 nitrogen and oxygen atoms in total. The van der Waals surface area contributed by atoms with E-state index in [0.717, 1.165) is 4.09 Å². The van der Waals surface area contributed by atoms with Gasteiger partial charge in [-0.15, -0.1) is 0 Å². The fourth-order valence-corrected chi connectivity index (χ4v) is 2.30. The maximum Gasteiger partial charge on any atom is 0.313 e. The number of rotatable bonds is 2. The summed E-state index contributed by atoms with van der Waals surface area (Å²) in [5.74, 6) is 0. The summed E-state index contributed by atoms with van der Waals surface area (Å²) in [4.78, 5) is 0. The molecule has 0 saturated carbocycles. The highest BCUT2D eigenvalue weighted by molar-refractivity contribution is 8.02. The molecule has 70 valence electrons. The van der Waals surface area contributed by atoms with Crippen molar-refractivity contribution in [2.45, 2.75) is 11.9 Å². The van der Waals surface area contributed by atoms with E-state index in [1.54, 1.807) is 5.40 Å². The first-order valence-electron chi connectivity index (χ1n) is 3.05. The molecule has 1 aromatic rings. The van der Waals surface area contributed by atoms with Crippen molar-refractivity contribution in [2.24, 2.45) is 0 Å². The number of thiocyanates is 1. The lowest BCUT2D eigenvalue weighted by molar-refractivity contribution is 0.477. The zero-order valence-electron chi connectivity index (χ0n) is 6.50. The van der Waals surface area contributed by atoms with Crippen LogP contribution < -0.4 is 0 Å². The Bertz CT molecular complexity index is 456. The van der Waals surface area contributed by atoms with Gasteiger partial charge in [-0.3, -0.25) is 4.55 Å². The summed E-state index contributed by atoms with van der Waals surface area (Å²) in [6.45, 7) is 1.48. The monoisotopic (exact) mass is 219 g/mol. The summed E-state index contributed by atoms with van der Waals surface area (Å²) in [5.41, 5.74) is 0.297. The molecule has 0 unspecified atom stereocenters. The van der Waals surface area contributed by atoms with Crippen molar-refractivity contribution < 1.29 is 13.0 Å². The molecule has 8 heteroatoms. The Morgan fingerprint density at radius 2 is 2.38 bits per heavy atom. The Hall–Kier alpha value is -1.04. The largest absolute Gasteiger partial charge is 0.313 e. The number of aryl methyl sites for hydroxylation is 1. The summed E-state index contributed by atoms with van der Waals surface area (Å²) in [5, 5.41) is 13.2. The van der Waals surface area contributed by atoms with Gasteiger partial charge in [0.25, 0.3) is 0 Å². The van der Waals surface area contributed by atoms with Crippen LogP contribution in [0.3, 0.4) is 0 Å². The minimum Gasteiger partial charge on any atom is -0.281 e. The van der Waals surface area contributed by atoms with Crippen molar-refractivity contribution in [3.8, 4) is 5.40 Å². The second-order valence-corrected chi connectivity index (χ2v) is 4.21. The standard InChI is InChI=1S/C5H5N3O3S2/c1-4-2-7-8(12-3-6)5(4)13(9,10)11/h2H,1H3,(H,9,10,11). The topological polar surface area (TPSA) is 96.0 Å². The van der Waals surface area contributed by atoms with Crippen LogP contribution in [0.15, 0.2) is 11.2 Å². The Morgan fingerprint density at radius 3 is 2.85 bits per heavy atom. The number of hydrogen-bond acceptors (Lipinski definition) is 5. The summed E-state index contributed by atoms with van der Waals surface area (Å²) < 4.78 is 31.2. The van der Waals surface area contributed by atoms with E-state index in [0.29, 0.717) is 17.5 Å². The predicted molar refractivity (Wildman–Crippen MR) is 45.4 cm³/mol. The number of aromatic nitrogens is 2. The third-order valence-electron chi connectivity index (χ3n) is 1.24. The van der Waals surface area contributed by atoms with E-state index in [1.807, 2.05) is 0 Å². The van der Waals surface area contributed by atoms with Crippen LogP contribution in [0.4, 0.5) is 0 Å². The molecule has 0 aliphatic rings. The maximum absolute atomic E-state index is 10.8. The highest BCUT2D eigenvalue weighted by Crippen LogP contribution is 2.18. The fraction of sp³-hybridized carbons (Fsp3) is 0.200. The first-order valence-corrected chi connectivity index (χ1v) is 5.26. The van der Waals surface area contributed by atoms with Gasteiger partial charge in [0.05, 0.1) is 18.1 Å². The summed E-state index contributed by atoms with van der Waals surface area (Å²) >= 11 is 0.522. The van der Waals surface area contributed by atoms with E-state index in [2.05, 4.69) is 5.10 Å². The molecule has 0 bridgehead atoms. The second-order valence-electron chi connectivity index (χ2n) is 2.16. The third-order valence-corrected chi connectivity index (χ3v) is 2.87. The molecular formula is C5H5N3O3S2. The molecule has 0 saturated heterocycles. The van der Waals surface area contributed by atoms with Gasteiger partial charge in [-0.1, -0.05) is 0 Å². The van der Waals surface area contributed by atoms with Gasteiger partial charge in [0.15, 0.2) is 10.4 Å². The van der Waals surface area contributed by atoms with Gasteiger partial charge in [0.2, 0.25) is 0 Å². The van der Waals surface area contributed by atoms with Gasteiger partial charge in [-0.25, -0.2) is 0 Å². The van der Waals surface area contributed by atoms with Crippen molar-refractivity contribution in [3.05, 3.63) is 11.8 Å². The molecule has 0 spiro atoms. The second kappa shape index (κ2) is 3.37. The minimum absolute atomic E-state index is 0.297. The molecule has 0 aliphatic carbocycles. The fourth-order valence-electron chi connectivity index (χ4n) is 0.803. The zero-order chi connectivity index (χ0) is 10.1. The van der Waals surface area contributed by atoms with Crippen molar-refractivity contribution in [1.82, 2.24) is 9.19 Å². The van der Waals surface area contributed by atoms with Crippen LogP contribution >= 0.6 is 11.9 Å². The smallest absolute Gasteiger partial charge is 0.281 e. The molecule has 1 rings (SSSR count). The van der Waals surface area contributed by atoms with Crippen LogP contribution in [0.1, 0.15) is 5.56 Å². The Kier molecular flexibility index (Phi) is 2.60. The third kappa shape index (κ3) is 2.00. The van der Waals surface area contributed by atoms with Crippen LogP contribution in [0.2, 0.25) is 0 Å². The van der Waals surface area contributed by atoms with Gasteiger partial charge in [0.1, 0.15) is 0 Å². The molecule has 1 aromatic heterocycles. The lowest BCUT2D eigenvalue weighted by atomic mass is 10.4. The van der Waals surface area contributed by atoms with E-state index in [1.165, 1.54) is 13.1 Å². The number of nitriles is 1. The van der Waals surface area contributed by atoms with Crippen molar-refractivity contribution in [1.29, 1.82) is 5.26 Å². The van der Waals surface area contributed by atoms with Gasteiger partial charge in [-0.2, -0.15) is 22.9 Å². The average molecular weight is 219 g/mol. The highest BCUT2D eigenvalue weighted by Gasteiger charge is 2.20. The Balaban J connectivity index is 3.35. The van der Waals surface area contributed by atoms with E-state index >= 15 is 0 Å². The van der Waals surface area contributed by atoms with Crippen LogP contribution in [-0.4, -0.2) is 22.2 Å². The highest BCUT2D eigenvalue weighted by atomic mass is 32.2. The van der Waals surface area contributed by atoms with Crippen molar-refractivity contribution in [2.75, 3.05) is 0 Å². The molecule has 1 N–H and O–H groups in total. The molecule has 0 radical (unpaired) electrons. The molecule has 13 heavy (non-hydrogen) atoms. The summed E-state index contributed by atoms with van der Waals surface area (Å²) in [6, 6.07) is 0. The summed E-state index contributed by atoms with van der Waals surface area (Å²) in [7, 11) is -4.31. The van der Waals surface area contributed by atoms with Crippen LogP contribution in [0, 0.1) is 17.6 Å². The van der Waals surface area contributed by atoms with Gasteiger partial charge in [-0.05, 0) is 6.92 Å². The molecule has 0 amide bonds. The van der Waals surface area contributed by atoms with E-state index < -0.39 is 10.1 Å². The normalized spacial score (nSPS) is 11.2. The molecule has 0 atom stereocenters. The molecular weight excluding hydrogens is 214 g/mol. The van der Waals surface area contributed by atoms with Crippen LogP contribution in [0.5, 0.6) is 0 Å². The first-order chi connectivity index (χ1) is 5.96. The predicted octanol–water partition coefficient (Wildman–Crippen LogP) is 0.416. The summed E-state index contributed by atoms with van der Waals surface area (Å²) in [6.07, 6.45) is 1.26. The Morgan fingerprint density at radius 1 is 1.77 bits per heavy atom. The maximum atomic E-state index is 10.8. The molecule has 1 heterocycles. The van der Waals surface area contributed by atoms with Crippen molar-refractivity contribution in [3.63, 3.8) is 0 Å². The molecule has 0 aromatic carbocycles. The van der Waals surface area contributed by atoms with Gasteiger partial charge < -0.3 is 0 Å².